The Hall–Kier alpha value is -2.11. The molecule has 1 aliphatic heterocycles. The molecule has 1 amide bonds. The summed E-state index contributed by atoms with van der Waals surface area (Å²) in [5.74, 6) is -0.197. The molecule has 9 heteroatoms. The molecular formula is C53H95NO8. The molecule has 7 unspecified atom stereocenters. The van der Waals surface area contributed by atoms with E-state index in [0.29, 0.717) is 6.42 Å². The molecule has 7 atom stereocenters. The number of carbonyl (C=O) groups is 1. The van der Waals surface area contributed by atoms with Crippen molar-refractivity contribution in [2.45, 2.75) is 256 Å². The first kappa shape index (κ1) is 57.9. The minimum atomic E-state index is -1.58. The van der Waals surface area contributed by atoms with E-state index in [1.807, 2.05) is 6.08 Å². The number of allylic oxidation sites excluding steroid dienone is 9. The van der Waals surface area contributed by atoms with Gasteiger partial charge in [-0.2, -0.15) is 0 Å². The number of nitrogens with one attached hydrogen (secondary N) is 1. The Labute approximate surface area is 379 Å². The molecule has 0 aromatic heterocycles. The van der Waals surface area contributed by atoms with Crippen LogP contribution in [0.5, 0.6) is 0 Å². The summed E-state index contributed by atoms with van der Waals surface area (Å²) in [6.07, 6.45) is 49.8. The topological polar surface area (TPSA) is 149 Å². The predicted molar refractivity (Wildman–Crippen MR) is 258 cm³/mol. The molecule has 0 bridgehead atoms. The lowest BCUT2D eigenvalue weighted by atomic mass is 9.99. The van der Waals surface area contributed by atoms with Gasteiger partial charge in [-0.15, -0.1) is 0 Å². The van der Waals surface area contributed by atoms with Crippen LogP contribution in [-0.4, -0.2) is 87.5 Å². The summed E-state index contributed by atoms with van der Waals surface area (Å²) in [5, 5.41) is 54.3. The fourth-order valence-corrected chi connectivity index (χ4v) is 7.69. The molecule has 0 spiro atoms. The Morgan fingerprint density at radius 1 is 0.548 bits per heavy atom. The summed E-state index contributed by atoms with van der Waals surface area (Å²) in [5.41, 5.74) is 0. The fourth-order valence-electron chi connectivity index (χ4n) is 7.69. The number of rotatable bonds is 42. The zero-order chi connectivity index (χ0) is 45.1. The molecule has 62 heavy (non-hydrogen) atoms. The molecule has 1 rings (SSSR count). The van der Waals surface area contributed by atoms with Crippen molar-refractivity contribution in [3.63, 3.8) is 0 Å². The Morgan fingerprint density at radius 2 is 0.968 bits per heavy atom. The predicted octanol–water partition coefficient (Wildman–Crippen LogP) is 11.6. The van der Waals surface area contributed by atoms with Crippen LogP contribution in [-0.2, 0) is 14.3 Å². The minimum Gasteiger partial charge on any atom is -0.394 e. The van der Waals surface area contributed by atoms with Gasteiger partial charge in [-0.05, 0) is 77.0 Å². The highest BCUT2D eigenvalue weighted by Crippen LogP contribution is 2.22. The smallest absolute Gasteiger partial charge is 0.220 e. The number of aliphatic hydroxyl groups excluding tert-OH is 5. The third-order valence-corrected chi connectivity index (χ3v) is 11.8. The lowest BCUT2D eigenvalue weighted by Crippen LogP contribution is -2.60. The van der Waals surface area contributed by atoms with Gasteiger partial charge in [-0.3, -0.25) is 4.79 Å². The average molecular weight is 874 g/mol. The Bertz CT molecular complexity index is 1150. The van der Waals surface area contributed by atoms with Crippen LogP contribution in [0.1, 0.15) is 213 Å². The van der Waals surface area contributed by atoms with E-state index in [4.69, 9.17) is 9.47 Å². The second-order valence-corrected chi connectivity index (χ2v) is 17.6. The van der Waals surface area contributed by atoms with Crippen LogP contribution in [0.3, 0.4) is 0 Å². The van der Waals surface area contributed by atoms with E-state index in [2.05, 4.69) is 67.8 Å². The maximum absolute atomic E-state index is 13.0. The van der Waals surface area contributed by atoms with Crippen LogP contribution in [0.25, 0.3) is 0 Å². The normalized spacial score (nSPS) is 20.8. The minimum absolute atomic E-state index is 0.197. The molecule has 6 N–H and O–H groups in total. The van der Waals surface area contributed by atoms with E-state index >= 15 is 0 Å². The summed E-state index contributed by atoms with van der Waals surface area (Å²) in [6, 6.07) is -0.832. The molecule has 1 heterocycles. The monoisotopic (exact) mass is 874 g/mol. The molecule has 0 radical (unpaired) electrons. The van der Waals surface area contributed by atoms with Crippen LogP contribution in [0.2, 0.25) is 0 Å². The summed E-state index contributed by atoms with van der Waals surface area (Å²) in [7, 11) is 0. The second-order valence-electron chi connectivity index (χ2n) is 17.6. The highest BCUT2D eigenvalue weighted by molar-refractivity contribution is 5.76. The number of carbonyl (C=O) groups excluding carboxylic acids is 1. The largest absolute Gasteiger partial charge is 0.394 e. The van der Waals surface area contributed by atoms with Crippen molar-refractivity contribution < 1.29 is 39.8 Å². The van der Waals surface area contributed by atoms with Crippen molar-refractivity contribution in [3.8, 4) is 0 Å². The van der Waals surface area contributed by atoms with Crippen LogP contribution in [0, 0.1) is 0 Å². The second kappa shape index (κ2) is 42.8. The van der Waals surface area contributed by atoms with Gasteiger partial charge < -0.3 is 40.3 Å². The van der Waals surface area contributed by atoms with Crippen LogP contribution in [0.15, 0.2) is 60.8 Å². The van der Waals surface area contributed by atoms with Crippen molar-refractivity contribution in [1.29, 1.82) is 0 Å². The van der Waals surface area contributed by atoms with E-state index in [-0.39, 0.29) is 12.5 Å². The SMILES string of the molecule is CCCCC/C=C\C/C=C\CCCCCCCCCCCC(=O)NC(COC1OC(CO)C(O)C(O)C1O)C(O)/C=C/CC/C=C/CC/C=C/CCCCCCCCCCCC. The number of hydrogen-bond donors (Lipinski definition) is 6. The zero-order valence-electron chi connectivity index (χ0n) is 39.6. The first-order chi connectivity index (χ1) is 30.3. The van der Waals surface area contributed by atoms with Gasteiger partial charge in [-0.25, -0.2) is 0 Å². The van der Waals surface area contributed by atoms with Crippen molar-refractivity contribution in [1.82, 2.24) is 5.32 Å². The summed E-state index contributed by atoms with van der Waals surface area (Å²) in [6.45, 7) is 3.73. The van der Waals surface area contributed by atoms with Crippen molar-refractivity contribution in [3.05, 3.63) is 60.8 Å². The first-order valence-corrected chi connectivity index (χ1v) is 25.5. The maximum Gasteiger partial charge on any atom is 0.220 e. The Morgan fingerprint density at radius 3 is 1.48 bits per heavy atom. The fraction of sp³-hybridized carbons (Fsp3) is 0.792. The van der Waals surface area contributed by atoms with Crippen molar-refractivity contribution >= 4 is 5.91 Å². The molecule has 9 nitrogen and oxygen atoms in total. The quantitative estimate of drug-likeness (QED) is 0.0262. The van der Waals surface area contributed by atoms with E-state index in [1.165, 1.54) is 128 Å². The molecule has 0 aliphatic carbocycles. The standard InChI is InChI=1S/C53H95NO8/c1-3-5-7-9-11-13-15-17-19-21-23-25-26-28-30-32-34-36-38-40-42-47(56)46(45-61-53-52(60)51(59)50(58)48(44-55)62-53)54-49(57)43-41-39-37-35-33-31-29-27-24-22-20-18-16-14-12-10-8-6-4-2/h12,14,18,20,25-26,32,34,40,42,46-48,50-53,55-56,58-60H,3-11,13,15-17,19,21-24,27-31,33,35-39,41,43-45H2,1-2H3,(H,54,57)/b14-12-,20-18-,26-25+,34-32+,42-40+. The van der Waals surface area contributed by atoms with Crippen LogP contribution in [0.4, 0.5) is 0 Å². The number of amides is 1. The number of unbranched alkanes of at least 4 members (excludes halogenated alkanes) is 24. The summed E-state index contributed by atoms with van der Waals surface area (Å²) >= 11 is 0. The molecule has 1 fully saturated rings. The van der Waals surface area contributed by atoms with Crippen LogP contribution < -0.4 is 5.32 Å². The van der Waals surface area contributed by atoms with Gasteiger partial charge in [-0.1, -0.05) is 190 Å². The van der Waals surface area contributed by atoms with E-state index < -0.39 is 49.5 Å². The summed E-state index contributed by atoms with van der Waals surface area (Å²) in [4.78, 5) is 13.0. The molecule has 1 saturated heterocycles. The third kappa shape index (κ3) is 32.5. The number of hydrogen-bond acceptors (Lipinski definition) is 8. The molecule has 0 aromatic carbocycles. The zero-order valence-corrected chi connectivity index (χ0v) is 39.6. The van der Waals surface area contributed by atoms with E-state index in [9.17, 15) is 30.3 Å². The van der Waals surface area contributed by atoms with Crippen LogP contribution >= 0.6 is 0 Å². The molecule has 0 saturated carbocycles. The van der Waals surface area contributed by atoms with Crippen molar-refractivity contribution in [2.24, 2.45) is 0 Å². The highest BCUT2D eigenvalue weighted by Gasteiger charge is 2.44. The van der Waals surface area contributed by atoms with Gasteiger partial charge in [0.05, 0.1) is 25.4 Å². The lowest BCUT2D eigenvalue weighted by molar-refractivity contribution is -0.302. The average Bonchev–Trinajstić information content (AvgIpc) is 3.27. The molecular weight excluding hydrogens is 779 g/mol. The van der Waals surface area contributed by atoms with Crippen molar-refractivity contribution in [2.75, 3.05) is 13.2 Å². The molecule has 0 aromatic rings. The number of ether oxygens (including phenoxy) is 2. The third-order valence-electron chi connectivity index (χ3n) is 11.8. The molecule has 360 valence electrons. The van der Waals surface area contributed by atoms with Gasteiger partial charge in [0.25, 0.3) is 0 Å². The maximum atomic E-state index is 13.0. The van der Waals surface area contributed by atoms with Gasteiger partial charge >= 0.3 is 0 Å². The van der Waals surface area contributed by atoms with Gasteiger partial charge in [0.15, 0.2) is 6.29 Å². The van der Waals surface area contributed by atoms with Gasteiger partial charge in [0.2, 0.25) is 5.91 Å². The van der Waals surface area contributed by atoms with Gasteiger partial charge in [0.1, 0.15) is 24.4 Å². The van der Waals surface area contributed by atoms with Gasteiger partial charge in [0, 0.05) is 6.42 Å². The lowest BCUT2D eigenvalue weighted by Gasteiger charge is -2.40. The van der Waals surface area contributed by atoms with E-state index in [0.717, 1.165) is 64.2 Å². The Balaban J connectivity index is 2.35. The number of aliphatic hydroxyl groups is 5. The van der Waals surface area contributed by atoms with E-state index in [1.54, 1.807) is 6.08 Å². The highest BCUT2D eigenvalue weighted by atomic mass is 16.7. The Kier molecular flexibility index (Phi) is 40.0. The first-order valence-electron chi connectivity index (χ1n) is 25.5. The summed E-state index contributed by atoms with van der Waals surface area (Å²) < 4.78 is 11.2. The molecule has 1 aliphatic rings.